The van der Waals surface area contributed by atoms with Crippen LogP contribution in [0.15, 0.2) is 24.3 Å². The summed E-state index contributed by atoms with van der Waals surface area (Å²) in [4.78, 5) is 23.2. The highest BCUT2D eigenvalue weighted by molar-refractivity contribution is 7.47. The molecule has 0 aromatic heterocycles. The van der Waals surface area contributed by atoms with Crippen molar-refractivity contribution in [3.05, 3.63) is 24.3 Å². The van der Waals surface area contributed by atoms with Gasteiger partial charge >= 0.3 is 7.82 Å². The van der Waals surface area contributed by atoms with Gasteiger partial charge in [0.05, 0.1) is 39.9 Å². The Bertz CT molecular complexity index is 1110. The largest absolute Gasteiger partial charge is 0.472 e. The van der Waals surface area contributed by atoms with Crippen molar-refractivity contribution >= 4 is 13.7 Å². The maximum absolute atomic E-state index is 12.9. The van der Waals surface area contributed by atoms with Gasteiger partial charge < -0.3 is 19.8 Å². The molecule has 0 aliphatic heterocycles. The maximum Gasteiger partial charge on any atom is 0.472 e. The second kappa shape index (κ2) is 48.0. The van der Waals surface area contributed by atoms with Gasteiger partial charge in [-0.15, -0.1) is 0 Å². The Morgan fingerprint density at radius 1 is 0.508 bits per heavy atom. The van der Waals surface area contributed by atoms with E-state index in [1.165, 1.54) is 218 Å². The quantitative estimate of drug-likeness (QED) is 0.0243. The van der Waals surface area contributed by atoms with Crippen LogP contribution in [0, 0.1) is 0 Å². The summed E-state index contributed by atoms with van der Waals surface area (Å²) in [6.45, 7) is 4.82. The van der Waals surface area contributed by atoms with Crippen molar-refractivity contribution in [1.82, 2.24) is 5.32 Å². The molecule has 8 nitrogen and oxygen atoms in total. The van der Waals surface area contributed by atoms with E-state index in [1.807, 2.05) is 27.2 Å². The summed E-state index contributed by atoms with van der Waals surface area (Å²) >= 11 is 0. The second-order valence-corrected chi connectivity index (χ2v) is 22.1. The number of rotatable bonds is 52. The van der Waals surface area contributed by atoms with Crippen LogP contribution < -0.4 is 5.32 Å². The van der Waals surface area contributed by atoms with Crippen LogP contribution in [0.2, 0.25) is 0 Å². The first-order valence-corrected chi connectivity index (χ1v) is 29.7. The van der Waals surface area contributed by atoms with Crippen LogP contribution in [-0.2, 0) is 18.4 Å². The lowest BCUT2D eigenvalue weighted by Crippen LogP contribution is -2.45. The monoisotopic (exact) mass is 940 g/mol. The lowest BCUT2D eigenvalue weighted by Gasteiger charge is -2.25. The number of aliphatic hydroxyl groups is 1. The van der Waals surface area contributed by atoms with Gasteiger partial charge in [0.15, 0.2) is 0 Å². The number of hydrogen-bond donors (Lipinski definition) is 3. The third-order valence-electron chi connectivity index (χ3n) is 12.9. The van der Waals surface area contributed by atoms with E-state index in [1.54, 1.807) is 6.08 Å². The molecule has 0 saturated carbocycles. The fourth-order valence-electron chi connectivity index (χ4n) is 8.47. The molecule has 9 heteroatoms. The molecule has 0 radical (unpaired) electrons. The van der Waals surface area contributed by atoms with Crippen LogP contribution in [0.5, 0.6) is 0 Å². The number of phosphoric ester groups is 1. The van der Waals surface area contributed by atoms with Gasteiger partial charge in [0.25, 0.3) is 0 Å². The lowest BCUT2D eigenvalue weighted by atomic mass is 10.0. The van der Waals surface area contributed by atoms with E-state index in [2.05, 4.69) is 31.3 Å². The number of aliphatic hydroxyl groups excluding tert-OH is 1. The molecule has 0 rings (SSSR count). The number of likely N-dealkylation sites (N-methyl/N-ethyl adjacent to an activating group) is 1. The van der Waals surface area contributed by atoms with E-state index >= 15 is 0 Å². The molecule has 0 saturated heterocycles. The molecule has 3 atom stereocenters. The van der Waals surface area contributed by atoms with Crippen LogP contribution >= 0.6 is 7.82 Å². The molecule has 0 bridgehead atoms. The first-order chi connectivity index (χ1) is 31.5. The molecular weight excluding hydrogens is 828 g/mol. The molecule has 386 valence electrons. The zero-order chi connectivity index (χ0) is 47.8. The first kappa shape index (κ1) is 64.0. The highest BCUT2D eigenvalue weighted by Gasteiger charge is 2.27. The van der Waals surface area contributed by atoms with E-state index in [0.717, 1.165) is 38.5 Å². The van der Waals surface area contributed by atoms with Gasteiger partial charge in [0.2, 0.25) is 5.91 Å². The van der Waals surface area contributed by atoms with E-state index in [9.17, 15) is 19.4 Å². The van der Waals surface area contributed by atoms with E-state index < -0.39 is 20.0 Å². The summed E-state index contributed by atoms with van der Waals surface area (Å²) in [6, 6.07) is -0.859. The third-order valence-corrected chi connectivity index (χ3v) is 13.9. The van der Waals surface area contributed by atoms with Gasteiger partial charge in [-0.1, -0.05) is 263 Å². The number of amides is 1. The summed E-state index contributed by atoms with van der Waals surface area (Å²) in [5, 5.41) is 13.9. The average molecular weight is 940 g/mol. The molecule has 3 unspecified atom stereocenters. The molecule has 0 aromatic rings. The number of nitrogens with one attached hydrogen (secondary N) is 1. The van der Waals surface area contributed by atoms with Crippen molar-refractivity contribution in [2.75, 3.05) is 40.9 Å². The standard InChI is InChI=1S/C56H111N2O6P/c1-6-8-10-12-14-16-18-20-21-22-23-24-25-26-27-28-29-30-31-32-33-34-35-36-38-39-41-43-45-47-49-55(59)54(53-64-65(61,62)63-52-51-58(3,4)5)57-56(60)50-48-46-44-42-40-37-19-17-15-13-11-9-7-2/h39,41,47,49,54-55,59H,6-38,40,42-46,48,50-53H2,1-5H3,(H-,57,60,61,62)/p+1/b41-39+,49-47+. The molecule has 0 aliphatic rings. The fourth-order valence-corrected chi connectivity index (χ4v) is 9.21. The Hall–Kier alpha value is -1.02. The molecule has 1 amide bonds. The van der Waals surface area contributed by atoms with Crippen molar-refractivity contribution in [2.24, 2.45) is 0 Å². The zero-order valence-corrected chi connectivity index (χ0v) is 44.9. The number of quaternary nitrogens is 1. The van der Waals surface area contributed by atoms with Crippen LogP contribution in [0.4, 0.5) is 0 Å². The van der Waals surface area contributed by atoms with E-state index in [-0.39, 0.29) is 19.1 Å². The molecule has 0 fully saturated rings. The van der Waals surface area contributed by atoms with Crippen molar-refractivity contribution in [2.45, 2.75) is 289 Å². The molecule has 3 N–H and O–H groups in total. The van der Waals surface area contributed by atoms with Crippen molar-refractivity contribution < 1.29 is 32.9 Å². The molecule has 0 spiro atoms. The molecule has 0 heterocycles. The lowest BCUT2D eigenvalue weighted by molar-refractivity contribution is -0.870. The number of carbonyl (C=O) groups excluding carboxylic acids is 1. The number of unbranched alkanes of at least 4 members (excludes halogenated alkanes) is 37. The second-order valence-electron chi connectivity index (χ2n) is 20.7. The summed E-state index contributed by atoms with van der Waals surface area (Å²) in [7, 11) is 1.57. The Kier molecular flexibility index (Phi) is 47.3. The van der Waals surface area contributed by atoms with Gasteiger partial charge in [0.1, 0.15) is 13.2 Å². The SMILES string of the molecule is CCCCCCCCCCCCCCCCCCCCCCCCCC/C=C/CC/C=C/C(O)C(COP(=O)(O)OCC[N+](C)(C)C)NC(=O)CCCCCCCCCCCCCCC. The zero-order valence-electron chi connectivity index (χ0n) is 44.0. The number of carbonyl (C=O) groups is 1. The smallest absolute Gasteiger partial charge is 0.387 e. The number of hydrogen-bond acceptors (Lipinski definition) is 5. The van der Waals surface area contributed by atoms with Crippen molar-refractivity contribution in [1.29, 1.82) is 0 Å². The summed E-state index contributed by atoms with van der Waals surface area (Å²) in [5.74, 6) is -0.184. The molecule has 0 aromatic carbocycles. The average Bonchev–Trinajstić information content (AvgIpc) is 3.26. The minimum Gasteiger partial charge on any atom is -0.387 e. The molecule has 65 heavy (non-hydrogen) atoms. The maximum atomic E-state index is 12.9. The summed E-state index contributed by atoms with van der Waals surface area (Å²) in [5.41, 5.74) is 0. The Labute approximate surface area is 404 Å². The summed E-state index contributed by atoms with van der Waals surface area (Å²) in [6.07, 6.45) is 60.1. The predicted octanol–water partition coefficient (Wildman–Crippen LogP) is 16.8. The Morgan fingerprint density at radius 2 is 0.846 bits per heavy atom. The van der Waals surface area contributed by atoms with Crippen LogP contribution in [0.25, 0.3) is 0 Å². The first-order valence-electron chi connectivity index (χ1n) is 28.2. The minimum atomic E-state index is -4.35. The van der Waals surface area contributed by atoms with E-state index in [0.29, 0.717) is 17.4 Å². The topological polar surface area (TPSA) is 105 Å². The van der Waals surface area contributed by atoms with Crippen molar-refractivity contribution in [3.63, 3.8) is 0 Å². The van der Waals surface area contributed by atoms with Gasteiger partial charge in [-0.05, 0) is 32.1 Å². The summed E-state index contributed by atoms with van der Waals surface area (Å²) < 4.78 is 23.6. The number of nitrogens with zero attached hydrogens (tertiary/aromatic N) is 1. The minimum absolute atomic E-state index is 0.0585. The van der Waals surface area contributed by atoms with Crippen LogP contribution in [-0.4, -0.2) is 73.4 Å². The fraction of sp³-hybridized carbons (Fsp3) is 0.911. The molecular formula is C56H112N2O6P+. The predicted molar refractivity (Wildman–Crippen MR) is 281 cm³/mol. The van der Waals surface area contributed by atoms with Gasteiger partial charge in [0, 0.05) is 6.42 Å². The highest BCUT2D eigenvalue weighted by Crippen LogP contribution is 2.43. The molecule has 0 aliphatic carbocycles. The Balaban J connectivity index is 4.13. The third kappa shape index (κ3) is 50.7. The van der Waals surface area contributed by atoms with E-state index in [4.69, 9.17) is 9.05 Å². The van der Waals surface area contributed by atoms with Gasteiger partial charge in [-0.3, -0.25) is 13.8 Å². The van der Waals surface area contributed by atoms with Crippen LogP contribution in [0.3, 0.4) is 0 Å². The normalized spacial score (nSPS) is 14.1. The number of allylic oxidation sites excluding steroid dienone is 3. The van der Waals surface area contributed by atoms with Gasteiger partial charge in [-0.2, -0.15) is 0 Å². The van der Waals surface area contributed by atoms with Gasteiger partial charge in [-0.25, -0.2) is 4.57 Å². The number of phosphoric acid groups is 1. The van der Waals surface area contributed by atoms with Crippen molar-refractivity contribution in [3.8, 4) is 0 Å². The Morgan fingerprint density at radius 3 is 1.23 bits per heavy atom. The van der Waals surface area contributed by atoms with Crippen LogP contribution in [0.1, 0.15) is 277 Å². The highest BCUT2D eigenvalue weighted by atomic mass is 31.2.